The average molecular weight is 281 g/mol. The van der Waals surface area contributed by atoms with E-state index >= 15 is 0 Å². The SMILES string of the molecule is CCC(CO)(CO)NC(=O)C(C)Oc1cccc(C)c1. The normalized spacial score (nSPS) is 12.8. The molecule has 20 heavy (non-hydrogen) atoms. The fraction of sp³-hybridized carbons (Fsp3) is 0.533. The van der Waals surface area contributed by atoms with Gasteiger partial charge in [-0.15, -0.1) is 0 Å². The molecule has 5 heteroatoms. The van der Waals surface area contributed by atoms with E-state index in [1.165, 1.54) is 0 Å². The molecule has 0 fully saturated rings. The van der Waals surface area contributed by atoms with Crippen LogP contribution in [0.4, 0.5) is 0 Å². The van der Waals surface area contributed by atoms with Gasteiger partial charge in [-0.05, 0) is 38.0 Å². The number of nitrogens with one attached hydrogen (secondary N) is 1. The maximum Gasteiger partial charge on any atom is 0.261 e. The van der Waals surface area contributed by atoms with Crippen molar-refractivity contribution >= 4 is 5.91 Å². The van der Waals surface area contributed by atoms with E-state index < -0.39 is 11.6 Å². The van der Waals surface area contributed by atoms with Crippen molar-refractivity contribution < 1.29 is 19.7 Å². The molecule has 0 saturated heterocycles. The minimum atomic E-state index is -0.999. The smallest absolute Gasteiger partial charge is 0.261 e. The lowest BCUT2D eigenvalue weighted by molar-refractivity contribution is -0.130. The molecule has 1 aromatic carbocycles. The lowest BCUT2D eigenvalue weighted by Crippen LogP contribution is -2.56. The number of carbonyl (C=O) groups excluding carboxylic acids is 1. The van der Waals surface area contributed by atoms with Crippen molar-refractivity contribution in [2.45, 2.75) is 38.8 Å². The van der Waals surface area contributed by atoms with Gasteiger partial charge in [0.2, 0.25) is 0 Å². The fourth-order valence-corrected chi connectivity index (χ4v) is 1.75. The van der Waals surface area contributed by atoms with Crippen LogP contribution < -0.4 is 10.1 Å². The van der Waals surface area contributed by atoms with Crippen LogP contribution in [0.5, 0.6) is 5.75 Å². The van der Waals surface area contributed by atoms with Crippen molar-refractivity contribution in [1.29, 1.82) is 0 Å². The summed E-state index contributed by atoms with van der Waals surface area (Å²) in [5.41, 5.74) is 0.0464. The maximum absolute atomic E-state index is 12.1. The van der Waals surface area contributed by atoms with Crippen LogP contribution in [0.1, 0.15) is 25.8 Å². The zero-order valence-corrected chi connectivity index (χ0v) is 12.2. The Kier molecular flexibility index (Phi) is 5.98. The van der Waals surface area contributed by atoms with E-state index in [2.05, 4.69) is 5.32 Å². The topological polar surface area (TPSA) is 78.8 Å². The monoisotopic (exact) mass is 281 g/mol. The first kappa shape index (κ1) is 16.5. The van der Waals surface area contributed by atoms with Gasteiger partial charge < -0.3 is 20.3 Å². The van der Waals surface area contributed by atoms with Gasteiger partial charge in [0.05, 0.1) is 18.8 Å². The molecule has 0 aliphatic rings. The van der Waals surface area contributed by atoms with Crippen molar-refractivity contribution in [3.05, 3.63) is 29.8 Å². The third kappa shape index (κ3) is 4.21. The highest BCUT2D eigenvalue weighted by molar-refractivity contribution is 5.81. The first-order valence-electron chi connectivity index (χ1n) is 6.73. The molecule has 0 aliphatic carbocycles. The highest BCUT2D eigenvalue weighted by atomic mass is 16.5. The van der Waals surface area contributed by atoms with E-state index in [1.54, 1.807) is 19.9 Å². The Bertz CT molecular complexity index is 435. The molecule has 0 aromatic heterocycles. The first-order chi connectivity index (χ1) is 9.46. The summed E-state index contributed by atoms with van der Waals surface area (Å²) in [6.07, 6.45) is -0.274. The third-order valence-electron chi connectivity index (χ3n) is 3.34. The Balaban J connectivity index is 2.67. The average Bonchev–Trinajstić information content (AvgIpc) is 2.44. The molecule has 1 rings (SSSR count). The van der Waals surface area contributed by atoms with Crippen LogP contribution >= 0.6 is 0 Å². The second kappa shape index (κ2) is 7.26. The van der Waals surface area contributed by atoms with Crippen LogP contribution in [0.3, 0.4) is 0 Å². The molecule has 1 unspecified atom stereocenters. The molecular formula is C15H23NO4. The quantitative estimate of drug-likeness (QED) is 0.697. The van der Waals surface area contributed by atoms with Gasteiger partial charge in [0, 0.05) is 0 Å². The summed E-state index contributed by atoms with van der Waals surface area (Å²) in [7, 11) is 0. The summed E-state index contributed by atoms with van der Waals surface area (Å²) in [5.74, 6) is 0.249. The summed E-state index contributed by atoms with van der Waals surface area (Å²) in [4.78, 5) is 12.1. The van der Waals surface area contributed by atoms with E-state index in [1.807, 2.05) is 25.1 Å². The Morgan fingerprint density at radius 2 is 2.05 bits per heavy atom. The molecule has 0 aliphatic heterocycles. The number of amides is 1. The van der Waals surface area contributed by atoms with Gasteiger partial charge in [-0.2, -0.15) is 0 Å². The molecule has 1 aromatic rings. The Morgan fingerprint density at radius 1 is 1.40 bits per heavy atom. The summed E-state index contributed by atoms with van der Waals surface area (Å²) in [6.45, 7) is 4.73. The molecule has 1 amide bonds. The summed E-state index contributed by atoms with van der Waals surface area (Å²) in [5, 5.41) is 21.3. The Hall–Kier alpha value is -1.59. The molecule has 1 atom stereocenters. The molecule has 3 N–H and O–H groups in total. The van der Waals surface area contributed by atoms with Gasteiger partial charge in [-0.3, -0.25) is 4.79 Å². The largest absolute Gasteiger partial charge is 0.481 e. The zero-order chi connectivity index (χ0) is 15.2. The number of benzene rings is 1. The van der Waals surface area contributed by atoms with E-state index in [9.17, 15) is 15.0 Å². The number of rotatable bonds is 7. The second-order valence-corrected chi connectivity index (χ2v) is 5.02. The number of aryl methyl sites for hydroxylation is 1. The Morgan fingerprint density at radius 3 is 2.55 bits per heavy atom. The minimum Gasteiger partial charge on any atom is -0.481 e. The maximum atomic E-state index is 12.1. The van der Waals surface area contributed by atoms with Gasteiger partial charge in [0.25, 0.3) is 5.91 Å². The predicted octanol–water partition coefficient (Wildman–Crippen LogP) is 1.01. The number of ether oxygens (including phenoxy) is 1. The number of hydrogen-bond donors (Lipinski definition) is 3. The Labute approximate surface area is 119 Å². The molecular weight excluding hydrogens is 258 g/mol. The lowest BCUT2D eigenvalue weighted by atomic mass is 9.98. The van der Waals surface area contributed by atoms with Crippen molar-refractivity contribution in [3.8, 4) is 5.75 Å². The minimum absolute atomic E-state index is 0.317. The third-order valence-corrected chi connectivity index (χ3v) is 3.34. The van der Waals surface area contributed by atoms with Crippen LogP contribution in [0.2, 0.25) is 0 Å². The molecule has 0 heterocycles. The zero-order valence-electron chi connectivity index (χ0n) is 12.2. The molecule has 0 bridgehead atoms. The van der Waals surface area contributed by atoms with Crippen molar-refractivity contribution in [2.75, 3.05) is 13.2 Å². The van der Waals surface area contributed by atoms with E-state index in [4.69, 9.17) is 4.74 Å². The first-order valence-corrected chi connectivity index (χ1v) is 6.73. The van der Waals surface area contributed by atoms with Crippen molar-refractivity contribution in [3.63, 3.8) is 0 Å². The number of hydrogen-bond acceptors (Lipinski definition) is 4. The number of aliphatic hydroxyl groups excluding tert-OH is 2. The molecule has 112 valence electrons. The summed E-state index contributed by atoms with van der Waals surface area (Å²) < 4.78 is 5.56. The van der Waals surface area contributed by atoms with Crippen LogP contribution in [0.25, 0.3) is 0 Å². The van der Waals surface area contributed by atoms with Crippen LogP contribution in [0, 0.1) is 6.92 Å². The van der Waals surface area contributed by atoms with Gasteiger partial charge in [0.15, 0.2) is 6.10 Å². The standard InChI is InChI=1S/C15H23NO4/c1-4-15(9-17,10-18)16-14(19)12(3)20-13-7-5-6-11(2)8-13/h5-8,12,17-18H,4,9-10H2,1-3H3,(H,16,19). The van der Waals surface area contributed by atoms with Crippen LogP contribution in [-0.4, -0.2) is 41.0 Å². The van der Waals surface area contributed by atoms with Gasteiger partial charge in [-0.1, -0.05) is 19.1 Å². The van der Waals surface area contributed by atoms with Crippen molar-refractivity contribution in [1.82, 2.24) is 5.32 Å². The molecule has 5 nitrogen and oxygen atoms in total. The fourth-order valence-electron chi connectivity index (χ4n) is 1.75. The van der Waals surface area contributed by atoms with E-state index in [0.717, 1.165) is 5.56 Å². The summed E-state index contributed by atoms with van der Waals surface area (Å²) in [6, 6.07) is 7.42. The second-order valence-electron chi connectivity index (χ2n) is 5.02. The number of aliphatic hydroxyl groups is 2. The number of carbonyl (C=O) groups is 1. The van der Waals surface area contributed by atoms with Crippen LogP contribution in [-0.2, 0) is 4.79 Å². The van der Waals surface area contributed by atoms with Gasteiger partial charge >= 0.3 is 0 Å². The molecule has 0 spiro atoms. The summed E-state index contributed by atoms with van der Waals surface area (Å²) >= 11 is 0. The molecule has 0 saturated carbocycles. The van der Waals surface area contributed by atoms with Crippen molar-refractivity contribution in [2.24, 2.45) is 0 Å². The highest BCUT2D eigenvalue weighted by Crippen LogP contribution is 2.15. The predicted molar refractivity (Wildman–Crippen MR) is 76.6 cm³/mol. The van der Waals surface area contributed by atoms with Gasteiger partial charge in [-0.25, -0.2) is 0 Å². The highest BCUT2D eigenvalue weighted by Gasteiger charge is 2.30. The molecule has 0 radical (unpaired) electrons. The van der Waals surface area contributed by atoms with Crippen LogP contribution in [0.15, 0.2) is 24.3 Å². The van der Waals surface area contributed by atoms with E-state index in [0.29, 0.717) is 12.2 Å². The van der Waals surface area contributed by atoms with Gasteiger partial charge in [0.1, 0.15) is 5.75 Å². The van der Waals surface area contributed by atoms with E-state index in [-0.39, 0.29) is 19.1 Å². The lowest BCUT2D eigenvalue weighted by Gasteiger charge is -2.31.